The highest BCUT2D eigenvalue weighted by atomic mass is 16.2. The lowest BCUT2D eigenvalue weighted by Crippen LogP contribution is -2.52. The minimum atomic E-state index is -0.306. The van der Waals surface area contributed by atoms with Crippen LogP contribution in [-0.4, -0.2) is 60.4 Å². The van der Waals surface area contributed by atoms with Gasteiger partial charge in [-0.3, -0.25) is 14.5 Å². The summed E-state index contributed by atoms with van der Waals surface area (Å²) in [6.07, 6.45) is 1.17. The molecule has 1 heterocycles. The van der Waals surface area contributed by atoms with Crippen LogP contribution >= 0.6 is 0 Å². The van der Waals surface area contributed by atoms with Crippen molar-refractivity contribution in [3.8, 4) is 0 Å². The summed E-state index contributed by atoms with van der Waals surface area (Å²) in [5.41, 5.74) is 0. The molecule has 1 fully saturated rings. The van der Waals surface area contributed by atoms with E-state index in [1.54, 1.807) is 4.90 Å². The van der Waals surface area contributed by atoms with E-state index in [4.69, 9.17) is 0 Å². The van der Waals surface area contributed by atoms with Gasteiger partial charge in [-0.25, -0.2) is 0 Å². The van der Waals surface area contributed by atoms with E-state index in [-0.39, 0.29) is 18.4 Å². The monoisotopic (exact) mass is 239 g/mol. The van der Waals surface area contributed by atoms with Crippen molar-refractivity contribution >= 4 is 11.8 Å². The molecule has 0 aliphatic carbocycles. The molecule has 17 heavy (non-hydrogen) atoms. The van der Waals surface area contributed by atoms with Crippen LogP contribution in [0.2, 0.25) is 0 Å². The first-order valence-corrected chi connectivity index (χ1v) is 5.96. The van der Waals surface area contributed by atoms with Crippen LogP contribution in [0.1, 0.15) is 13.8 Å². The number of nitrogens with zero attached hydrogens (tertiary/aromatic N) is 2. The van der Waals surface area contributed by atoms with Gasteiger partial charge in [0.05, 0.1) is 6.54 Å². The van der Waals surface area contributed by atoms with Crippen molar-refractivity contribution in [2.75, 3.05) is 32.7 Å². The van der Waals surface area contributed by atoms with E-state index in [1.807, 2.05) is 0 Å². The summed E-state index contributed by atoms with van der Waals surface area (Å²) in [5, 5.41) is 2.50. The fourth-order valence-corrected chi connectivity index (χ4v) is 1.83. The minimum Gasteiger partial charge on any atom is -0.343 e. The Bertz CT molecular complexity index is 294. The molecule has 1 aliphatic rings. The molecule has 2 amide bonds. The van der Waals surface area contributed by atoms with Gasteiger partial charge in [0.15, 0.2) is 0 Å². The lowest BCUT2D eigenvalue weighted by atomic mass is 10.2. The number of carbonyl (C=O) groups is 2. The molecule has 1 N–H and O–H groups in total. The van der Waals surface area contributed by atoms with Gasteiger partial charge in [-0.2, -0.15) is 0 Å². The van der Waals surface area contributed by atoms with Crippen molar-refractivity contribution in [1.29, 1.82) is 0 Å². The largest absolute Gasteiger partial charge is 0.343 e. The van der Waals surface area contributed by atoms with Crippen LogP contribution in [0.4, 0.5) is 0 Å². The number of hydrogen-bond acceptors (Lipinski definition) is 3. The molecule has 1 rings (SSSR count). The summed E-state index contributed by atoms with van der Waals surface area (Å²) in [6.45, 7) is 11.0. The number of nitrogens with one attached hydrogen (secondary N) is 1. The molecular formula is C12H21N3O2. The van der Waals surface area contributed by atoms with E-state index in [0.29, 0.717) is 6.04 Å². The highest BCUT2D eigenvalue weighted by molar-refractivity contribution is 5.90. The Morgan fingerprint density at radius 3 is 2.35 bits per heavy atom. The molecule has 5 heteroatoms. The maximum Gasteiger partial charge on any atom is 0.243 e. The molecule has 0 aromatic rings. The van der Waals surface area contributed by atoms with Gasteiger partial charge < -0.3 is 10.2 Å². The molecule has 0 atom stereocenters. The lowest BCUT2D eigenvalue weighted by Gasteiger charge is -2.36. The van der Waals surface area contributed by atoms with Gasteiger partial charge >= 0.3 is 0 Å². The third-order valence-corrected chi connectivity index (χ3v) is 3.00. The normalized spacial score (nSPS) is 17.0. The van der Waals surface area contributed by atoms with Gasteiger partial charge in [-0.15, -0.1) is 0 Å². The van der Waals surface area contributed by atoms with E-state index in [0.717, 1.165) is 26.2 Å². The second kappa shape index (κ2) is 6.39. The van der Waals surface area contributed by atoms with E-state index in [2.05, 4.69) is 30.6 Å². The quantitative estimate of drug-likeness (QED) is 0.694. The summed E-state index contributed by atoms with van der Waals surface area (Å²) in [4.78, 5) is 26.8. The van der Waals surface area contributed by atoms with Gasteiger partial charge in [0.2, 0.25) is 11.8 Å². The summed E-state index contributed by atoms with van der Waals surface area (Å²) in [6, 6.07) is 0.521. The summed E-state index contributed by atoms with van der Waals surface area (Å²) >= 11 is 0. The molecule has 0 bridgehead atoms. The predicted octanol–water partition coefficient (Wildman–Crippen LogP) is -0.159. The van der Waals surface area contributed by atoms with Crippen LogP contribution in [0, 0.1) is 0 Å². The minimum absolute atomic E-state index is 0.0244. The predicted molar refractivity (Wildman–Crippen MR) is 66.5 cm³/mol. The number of piperazine rings is 1. The molecule has 0 aromatic heterocycles. The molecule has 1 aliphatic heterocycles. The van der Waals surface area contributed by atoms with E-state index >= 15 is 0 Å². The highest BCUT2D eigenvalue weighted by Gasteiger charge is 2.22. The maximum absolute atomic E-state index is 11.8. The van der Waals surface area contributed by atoms with Gasteiger partial charge in [-0.1, -0.05) is 6.58 Å². The van der Waals surface area contributed by atoms with Crippen molar-refractivity contribution in [3.63, 3.8) is 0 Å². The molecule has 0 spiro atoms. The zero-order valence-corrected chi connectivity index (χ0v) is 10.6. The zero-order valence-electron chi connectivity index (χ0n) is 10.6. The number of rotatable bonds is 4. The Hall–Kier alpha value is -1.36. The molecule has 0 unspecified atom stereocenters. The smallest absolute Gasteiger partial charge is 0.243 e. The van der Waals surface area contributed by atoms with Crippen molar-refractivity contribution < 1.29 is 9.59 Å². The van der Waals surface area contributed by atoms with E-state index in [1.165, 1.54) is 6.08 Å². The van der Waals surface area contributed by atoms with Crippen LogP contribution in [0.5, 0.6) is 0 Å². The zero-order chi connectivity index (χ0) is 12.8. The fourth-order valence-electron chi connectivity index (χ4n) is 1.83. The molecular weight excluding hydrogens is 218 g/mol. The Labute approximate surface area is 102 Å². The van der Waals surface area contributed by atoms with Crippen molar-refractivity contribution in [3.05, 3.63) is 12.7 Å². The van der Waals surface area contributed by atoms with E-state index in [9.17, 15) is 9.59 Å². The highest BCUT2D eigenvalue weighted by Crippen LogP contribution is 2.05. The van der Waals surface area contributed by atoms with Gasteiger partial charge in [-0.05, 0) is 19.9 Å². The van der Waals surface area contributed by atoms with Crippen molar-refractivity contribution in [1.82, 2.24) is 15.1 Å². The summed E-state index contributed by atoms with van der Waals surface area (Å²) < 4.78 is 0. The Kier molecular flexibility index (Phi) is 5.15. The molecule has 0 saturated carbocycles. The summed E-state index contributed by atoms with van der Waals surface area (Å²) in [5.74, 6) is -0.331. The molecule has 0 aromatic carbocycles. The maximum atomic E-state index is 11.8. The van der Waals surface area contributed by atoms with Gasteiger partial charge in [0.25, 0.3) is 0 Å². The second-order valence-electron chi connectivity index (χ2n) is 4.43. The second-order valence-corrected chi connectivity index (χ2v) is 4.43. The van der Waals surface area contributed by atoms with Crippen LogP contribution in [0.15, 0.2) is 12.7 Å². The molecule has 1 saturated heterocycles. The molecule has 96 valence electrons. The van der Waals surface area contributed by atoms with Crippen LogP contribution in [0.25, 0.3) is 0 Å². The average Bonchev–Trinajstić information content (AvgIpc) is 2.35. The number of hydrogen-bond donors (Lipinski definition) is 1. The molecule has 5 nitrogen and oxygen atoms in total. The topological polar surface area (TPSA) is 52.7 Å². The van der Waals surface area contributed by atoms with Gasteiger partial charge in [0, 0.05) is 32.2 Å². The molecule has 0 radical (unpaired) electrons. The lowest BCUT2D eigenvalue weighted by molar-refractivity contribution is -0.133. The third kappa shape index (κ3) is 4.19. The average molecular weight is 239 g/mol. The van der Waals surface area contributed by atoms with Crippen molar-refractivity contribution in [2.45, 2.75) is 19.9 Å². The Morgan fingerprint density at radius 1 is 1.29 bits per heavy atom. The first kappa shape index (κ1) is 13.7. The Balaban J connectivity index is 2.31. The first-order chi connectivity index (χ1) is 8.04. The number of carbonyl (C=O) groups excluding carboxylic acids is 2. The SMILES string of the molecule is C=CC(=O)NCC(=O)N1CCN(C(C)C)CC1. The van der Waals surface area contributed by atoms with Crippen LogP contribution < -0.4 is 5.32 Å². The Morgan fingerprint density at radius 2 is 1.88 bits per heavy atom. The van der Waals surface area contributed by atoms with Crippen LogP contribution in [-0.2, 0) is 9.59 Å². The third-order valence-electron chi connectivity index (χ3n) is 3.00. The standard InChI is InChI=1S/C12H21N3O2/c1-4-11(16)13-9-12(17)15-7-5-14(6-8-15)10(2)3/h4,10H,1,5-9H2,2-3H3,(H,13,16). The first-order valence-electron chi connectivity index (χ1n) is 5.96. The van der Waals surface area contributed by atoms with Gasteiger partial charge in [0.1, 0.15) is 0 Å². The van der Waals surface area contributed by atoms with E-state index < -0.39 is 0 Å². The number of amides is 2. The summed E-state index contributed by atoms with van der Waals surface area (Å²) in [7, 11) is 0. The fraction of sp³-hybridized carbons (Fsp3) is 0.667. The van der Waals surface area contributed by atoms with Crippen molar-refractivity contribution in [2.24, 2.45) is 0 Å². The van der Waals surface area contributed by atoms with Crippen LogP contribution in [0.3, 0.4) is 0 Å².